The number of carbonyl (C=O) groups excluding carboxylic acids is 1. The van der Waals surface area contributed by atoms with E-state index in [0.717, 1.165) is 0 Å². The van der Waals surface area contributed by atoms with Crippen molar-refractivity contribution in [3.63, 3.8) is 0 Å². The zero-order valence-electron chi connectivity index (χ0n) is 17.4. The van der Waals surface area contributed by atoms with Gasteiger partial charge in [0.05, 0.1) is 6.10 Å². The molecule has 0 atom stereocenters. The van der Waals surface area contributed by atoms with Gasteiger partial charge in [0.15, 0.2) is 6.61 Å². The molecule has 1 N–H and O–H groups in total. The lowest BCUT2D eigenvalue weighted by Crippen LogP contribution is -2.34. The van der Waals surface area contributed by atoms with Gasteiger partial charge < -0.3 is 14.5 Å². The Morgan fingerprint density at radius 1 is 1.16 bits per heavy atom. The van der Waals surface area contributed by atoms with Crippen molar-refractivity contribution in [2.75, 3.05) is 13.2 Å². The van der Waals surface area contributed by atoms with Crippen LogP contribution in [0, 0.1) is 0 Å². The Labute approximate surface area is 183 Å². The Balaban J connectivity index is 1.13. The number of nitrogens with zero attached hydrogens (tertiary/aromatic N) is 2. The van der Waals surface area contributed by atoms with Crippen molar-refractivity contribution >= 4 is 11.5 Å². The highest BCUT2D eigenvalue weighted by atomic mass is 19.4. The molecule has 0 spiro atoms. The van der Waals surface area contributed by atoms with Crippen molar-refractivity contribution in [3.8, 4) is 5.75 Å². The molecule has 0 unspecified atom stereocenters. The predicted molar refractivity (Wildman–Crippen MR) is 108 cm³/mol. The first-order valence-electron chi connectivity index (χ1n) is 10.5. The van der Waals surface area contributed by atoms with Gasteiger partial charge >= 0.3 is 6.36 Å². The fraction of sp³-hybridized carbons (Fsp3) is 0.500. The second kappa shape index (κ2) is 9.32. The van der Waals surface area contributed by atoms with Gasteiger partial charge in [-0.05, 0) is 55.7 Å². The third-order valence-electron chi connectivity index (χ3n) is 5.54. The number of rotatable bonds is 10. The van der Waals surface area contributed by atoms with E-state index in [2.05, 4.69) is 26.8 Å². The van der Waals surface area contributed by atoms with Crippen molar-refractivity contribution in [1.29, 1.82) is 0 Å². The van der Waals surface area contributed by atoms with Crippen LogP contribution in [0.2, 0.25) is 0 Å². The molecule has 1 amide bonds. The van der Waals surface area contributed by atoms with E-state index in [-0.39, 0.29) is 43.1 Å². The third-order valence-corrected chi connectivity index (χ3v) is 5.54. The van der Waals surface area contributed by atoms with Crippen molar-refractivity contribution in [1.82, 2.24) is 15.5 Å². The van der Waals surface area contributed by atoms with Gasteiger partial charge in [0.25, 0.3) is 5.91 Å². The van der Waals surface area contributed by atoms with E-state index in [1.165, 1.54) is 18.4 Å². The summed E-state index contributed by atoms with van der Waals surface area (Å²) < 4.78 is 51.6. The van der Waals surface area contributed by atoms with E-state index in [1.54, 1.807) is 0 Å². The lowest BCUT2D eigenvalue weighted by molar-refractivity contribution is -0.352. The maximum Gasteiger partial charge on any atom is 0.522 e. The van der Waals surface area contributed by atoms with Crippen LogP contribution in [0.25, 0.3) is 5.57 Å². The molecule has 172 valence electrons. The van der Waals surface area contributed by atoms with Gasteiger partial charge in [-0.1, -0.05) is 18.7 Å². The Morgan fingerprint density at radius 2 is 1.88 bits per heavy atom. The molecular weight excluding hydrogens is 427 g/mol. The normalized spacial score (nSPS) is 20.5. The molecule has 1 aromatic heterocycles. The molecule has 32 heavy (non-hydrogen) atoms. The number of ether oxygens (including phenoxy) is 2. The van der Waals surface area contributed by atoms with Crippen LogP contribution in [0.3, 0.4) is 0 Å². The van der Waals surface area contributed by atoms with Gasteiger partial charge in [0.2, 0.25) is 11.8 Å². The lowest BCUT2D eigenvalue weighted by atomic mass is 9.82. The van der Waals surface area contributed by atoms with E-state index >= 15 is 0 Å². The summed E-state index contributed by atoms with van der Waals surface area (Å²) in [6.07, 6.45) is -2.33. The van der Waals surface area contributed by atoms with Crippen LogP contribution in [-0.4, -0.2) is 41.7 Å². The van der Waals surface area contributed by atoms with Crippen LogP contribution >= 0.6 is 0 Å². The molecule has 0 aliphatic heterocycles. The summed E-state index contributed by atoms with van der Waals surface area (Å²) in [5.74, 6) is 1.28. The minimum Gasteiger partial charge on any atom is -0.484 e. The van der Waals surface area contributed by atoms with Crippen LogP contribution in [0.5, 0.6) is 5.75 Å². The largest absolute Gasteiger partial charge is 0.522 e. The number of hydrogen-bond donors (Lipinski definition) is 1. The molecule has 0 saturated heterocycles. The highest BCUT2D eigenvalue weighted by Crippen LogP contribution is 2.41. The maximum atomic E-state index is 12.2. The molecule has 10 heteroatoms. The molecule has 4 rings (SSSR count). The second-order valence-electron chi connectivity index (χ2n) is 8.13. The zero-order valence-corrected chi connectivity index (χ0v) is 17.4. The molecule has 1 aromatic carbocycles. The smallest absolute Gasteiger partial charge is 0.484 e. The summed E-state index contributed by atoms with van der Waals surface area (Å²) in [6.45, 7) is 4.09. The minimum absolute atomic E-state index is 0.0944. The average molecular weight is 451 g/mol. The summed E-state index contributed by atoms with van der Waals surface area (Å²) in [4.78, 5) is 12.0. The van der Waals surface area contributed by atoms with Crippen LogP contribution in [0.15, 0.2) is 35.3 Å². The van der Waals surface area contributed by atoms with Crippen molar-refractivity contribution in [3.05, 3.63) is 48.2 Å². The van der Waals surface area contributed by atoms with Crippen molar-refractivity contribution < 1.29 is 31.9 Å². The van der Waals surface area contributed by atoms with Gasteiger partial charge in [-0.3, -0.25) is 9.53 Å². The van der Waals surface area contributed by atoms with Crippen molar-refractivity contribution in [2.24, 2.45) is 0 Å². The fourth-order valence-electron chi connectivity index (χ4n) is 3.51. The number of alkyl halides is 3. The highest BCUT2D eigenvalue weighted by molar-refractivity contribution is 5.77. The van der Waals surface area contributed by atoms with Crippen LogP contribution in [0.1, 0.15) is 61.3 Å². The average Bonchev–Trinajstić information content (AvgIpc) is 3.45. The summed E-state index contributed by atoms with van der Waals surface area (Å²) in [5, 5.41) is 10.5. The first-order chi connectivity index (χ1) is 15.3. The molecule has 0 bridgehead atoms. The van der Waals surface area contributed by atoms with Crippen LogP contribution < -0.4 is 10.1 Å². The van der Waals surface area contributed by atoms with Gasteiger partial charge in [0.1, 0.15) is 5.75 Å². The van der Waals surface area contributed by atoms with E-state index in [0.29, 0.717) is 30.2 Å². The SMILES string of the molecule is C=C(CCNC(=O)COc1ccc(C2CC2)cc1)c1nnc(C2CC(OC(F)(F)F)C2)o1. The van der Waals surface area contributed by atoms with Gasteiger partial charge in [0, 0.05) is 18.0 Å². The van der Waals surface area contributed by atoms with E-state index in [9.17, 15) is 18.0 Å². The first-order valence-corrected chi connectivity index (χ1v) is 10.5. The van der Waals surface area contributed by atoms with Crippen LogP contribution in [-0.2, 0) is 9.53 Å². The molecule has 2 aromatic rings. The van der Waals surface area contributed by atoms with Crippen LogP contribution in [0.4, 0.5) is 13.2 Å². The topological polar surface area (TPSA) is 86.5 Å². The molecular formula is C22H24F3N3O4. The second-order valence-corrected chi connectivity index (χ2v) is 8.13. The number of amides is 1. The quantitative estimate of drug-likeness (QED) is 0.579. The van der Waals surface area contributed by atoms with E-state index in [4.69, 9.17) is 9.15 Å². The summed E-state index contributed by atoms with van der Waals surface area (Å²) >= 11 is 0. The maximum absolute atomic E-state index is 12.2. The number of hydrogen-bond acceptors (Lipinski definition) is 6. The predicted octanol–water partition coefficient (Wildman–Crippen LogP) is 4.33. The number of aromatic nitrogens is 2. The monoisotopic (exact) mass is 451 g/mol. The number of nitrogens with one attached hydrogen (secondary N) is 1. The Morgan fingerprint density at radius 3 is 2.53 bits per heavy atom. The summed E-state index contributed by atoms with van der Waals surface area (Å²) in [6, 6.07) is 7.80. The number of benzene rings is 1. The summed E-state index contributed by atoms with van der Waals surface area (Å²) in [7, 11) is 0. The fourth-order valence-corrected chi connectivity index (χ4v) is 3.51. The first kappa shape index (κ1) is 22.3. The van der Waals surface area contributed by atoms with Gasteiger partial charge in [-0.2, -0.15) is 0 Å². The lowest BCUT2D eigenvalue weighted by Gasteiger charge is -2.32. The highest BCUT2D eigenvalue weighted by Gasteiger charge is 2.42. The molecule has 1 heterocycles. The Kier molecular flexibility index (Phi) is 6.50. The van der Waals surface area contributed by atoms with E-state index in [1.807, 2.05) is 24.3 Å². The summed E-state index contributed by atoms with van der Waals surface area (Å²) in [5.41, 5.74) is 1.83. The number of halogens is 3. The molecule has 2 aliphatic carbocycles. The van der Waals surface area contributed by atoms with Crippen molar-refractivity contribution in [2.45, 2.75) is 56.4 Å². The molecule has 2 saturated carbocycles. The van der Waals surface area contributed by atoms with E-state index < -0.39 is 12.5 Å². The molecule has 7 nitrogen and oxygen atoms in total. The zero-order chi connectivity index (χ0) is 22.7. The van der Waals surface area contributed by atoms with Gasteiger partial charge in [-0.15, -0.1) is 23.4 Å². The molecule has 2 aliphatic rings. The third kappa shape index (κ3) is 6.09. The standard InChI is InChI=1S/C22H24F3N3O4/c1-13(20-27-28-21(31-20)16-10-18(11-16)32-22(23,24)25)8-9-26-19(29)12-30-17-6-4-15(5-7-17)14-2-3-14/h4-7,14,16,18H,1-3,8-12H2,(H,26,29). The minimum atomic E-state index is -4.64. The molecule has 2 fully saturated rings. The Bertz CT molecular complexity index is 948. The Hall–Kier alpha value is -2.88. The molecule has 0 radical (unpaired) electrons. The number of carbonyl (C=O) groups is 1. The van der Waals surface area contributed by atoms with Gasteiger partial charge in [-0.25, -0.2) is 0 Å².